The Morgan fingerprint density at radius 3 is 2.59 bits per heavy atom. The van der Waals surface area contributed by atoms with Gasteiger partial charge in [-0.3, -0.25) is 4.79 Å². The van der Waals surface area contributed by atoms with Gasteiger partial charge in [0.25, 0.3) is 0 Å². The second-order valence-electron chi connectivity index (χ2n) is 5.48. The zero-order valence-electron chi connectivity index (χ0n) is 12.6. The van der Waals surface area contributed by atoms with E-state index >= 15 is 0 Å². The molecule has 0 unspecified atom stereocenters. The number of aromatic nitrogens is 4. The van der Waals surface area contributed by atoms with Crippen molar-refractivity contribution < 1.29 is 4.79 Å². The van der Waals surface area contributed by atoms with E-state index < -0.39 is 0 Å². The van der Waals surface area contributed by atoms with E-state index in [0.717, 1.165) is 37.7 Å². The van der Waals surface area contributed by atoms with E-state index in [9.17, 15) is 4.79 Å². The lowest BCUT2D eigenvalue weighted by Gasteiger charge is -2.31. The Morgan fingerprint density at radius 2 is 1.95 bits per heavy atom. The summed E-state index contributed by atoms with van der Waals surface area (Å²) < 4.78 is 1.91. The Balaban J connectivity index is 1.49. The number of aryl methyl sites for hydroxylation is 1. The van der Waals surface area contributed by atoms with Gasteiger partial charge >= 0.3 is 0 Å². The quantitative estimate of drug-likeness (QED) is 0.901. The van der Waals surface area contributed by atoms with Crippen molar-refractivity contribution in [2.75, 3.05) is 18.0 Å². The van der Waals surface area contributed by atoms with Gasteiger partial charge in [0.2, 0.25) is 11.9 Å². The van der Waals surface area contributed by atoms with Crippen LogP contribution >= 0.6 is 0 Å². The van der Waals surface area contributed by atoms with Gasteiger partial charge in [0.15, 0.2) is 0 Å². The van der Waals surface area contributed by atoms with E-state index in [4.69, 9.17) is 0 Å². The van der Waals surface area contributed by atoms with Gasteiger partial charge in [-0.05, 0) is 18.9 Å². The first kappa shape index (κ1) is 14.5. The third-order valence-electron chi connectivity index (χ3n) is 4.04. The molecule has 7 heteroatoms. The number of anilines is 1. The number of hydrogen-bond donors (Lipinski definition) is 1. The molecule has 3 heterocycles. The maximum absolute atomic E-state index is 12.2. The van der Waals surface area contributed by atoms with Crippen LogP contribution in [-0.4, -0.2) is 38.5 Å². The van der Waals surface area contributed by atoms with Crippen molar-refractivity contribution in [3.05, 3.63) is 36.7 Å². The van der Waals surface area contributed by atoms with Crippen molar-refractivity contribution in [2.45, 2.75) is 19.4 Å². The summed E-state index contributed by atoms with van der Waals surface area (Å²) in [6.07, 6.45) is 8.75. The highest BCUT2D eigenvalue weighted by atomic mass is 16.1. The molecule has 1 N–H and O–H groups in total. The van der Waals surface area contributed by atoms with Crippen molar-refractivity contribution in [1.82, 2.24) is 24.8 Å². The van der Waals surface area contributed by atoms with E-state index in [0.29, 0.717) is 6.54 Å². The molecule has 7 nitrogen and oxygen atoms in total. The molecule has 0 bridgehead atoms. The summed E-state index contributed by atoms with van der Waals surface area (Å²) in [5.41, 5.74) is 0. The molecule has 1 aliphatic rings. The number of amides is 1. The van der Waals surface area contributed by atoms with Gasteiger partial charge in [0.05, 0.1) is 6.54 Å². The standard InChI is InChI=1S/C15H20N6O/c1-20-10-7-16-13(20)11-19-14(22)12-3-8-21(9-4-12)15-17-5-2-6-18-15/h2,5-7,10,12H,3-4,8-9,11H2,1H3,(H,19,22). The maximum atomic E-state index is 12.2. The molecule has 0 atom stereocenters. The highest BCUT2D eigenvalue weighted by Gasteiger charge is 2.25. The minimum Gasteiger partial charge on any atom is -0.349 e. The average molecular weight is 300 g/mol. The number of imidazole rings is 1. The first-order valence-electron chi connectivity index (χ1n) is 7.50. The largest absolute Gasteiger partial charge is 0.349 e. The number of carbonyl (C=O) groups excluding carboxylic acids is 1. The number of piperidine rings is 1. The van der Waals surface area contributed by atoms with E-state index in [-0.39, 0.29) is 11.8 Å². The van der Waals surface area contributed by atoms with Crippen LogP contribution in [0, 0.1) is 5.92 Å². The third kappa shape index (κ3) is 3.24. The minimum absolute atomic E-state index is 0.0558. The van der Waals surface area contributed by atoms with Gasteiger partial charge in [0.1, 0.15) is 5.82 Å². The highest BCUT2D eigenvalue weighted by molar-refractivity contribution is 5.78. The fourth-order valence-corrected chi connectivity index (χ4v) is 2.67. The lowest BCUT2D eigenvalue weighted by atomic mass is 9.96. The maximum Gasteiger partial charge on any atom is 0.225 e. The monoisotopic (exact) mass is 300 g/mol. The lowest BCUT2D eigenvalue weighted by molar-refractivity contribution is -0.125. The molecule has 0 saturated carbocycles. The summed E-state index contributed by atoms with van der Waals surface area (Å²) in [7, 11) is 1.92. The first-order chi connectivity index (χ1) is 10.7. The lowest BCUT2D eigenvalue weighted by Crippen LogP contribution is -2.41. The number of carbonyl (C=O) groups is 1. The zero-order chi connectivity index (χ0) is 15.4. The van der Waals surface area contributed by atoms with Gasteiger partial charge in [-0.2, -0.15) is 0 Å². The molecule has 0 radical (unpaired) electrons. The molecule has 0 aliphatic carbocycles. The molecule has 116 valence electrons. The summed E-state index contributed by atoms with van der Waals surface area (Å²) in [5, 5.41) is 2.98. The summed E-state index contributed by atoms with van der Waals surface area (Å²) >= 11 is 0. The van der Waals surface area contributed by atoms with Crippen molar-refractivity contribution in [3.8, 4) is 0 Å². The Hall–Kier alpha value is -2.44. The van der Waals surface area contributed by atoms with Crippen LogP contribution in [0.2, 0.25) is 0 Å². The minimum atomic E-state index is 0.0558. The van der Waals surface area contributed by atoms with Crippen LogP contribution in [0.25, 0.3) is 0 Å². The van der Waals surface area contributed by atoms with Crippen LogP contribution in [0.1, 0.15) is 18.7 Å². The molecule has 3 rings (SSSR count). The van der Waals surface area contributed by atoms with Gasteiger partial charge < -0.3 is 14.8 Å². The van der Waals surface area contributed by atoms with Crippen LogP contribution in [0.15, 0.2) is 30.9 Å². The number of hydrogen-bond acceptors (Lipinski definition) is 5. The van der Waals surface area contributed by atoms with Gasteiger partial charge in [-0.1, -0.05) is 0 Å². The van der Waals surface area contributed by atoms with Crippen LogP contribution < -0.4 is 10.2 Å². The third-order valence-corrected chi connectivity index (χ3v) is 4.04. The van der Waals surface area contributed by atoms with E-state index in [1.807, 2.05) is 17.8 Å². The second-order valence-corrected chi connectivity index (χ2v) is 5.48. The van der Waals surface area contributed by atoms with Gasteiger partial charge in [-0.25, -0.2) is 15.0 Å². The number of rotatable bonds is 4. The fraction of sp³-hybridized carbons (Fsp3) is 0.467. The summed E-state index contributed by atoms with van der Waals surface area (Å²) in [6, 6.07) is 1.81. The van der Waals surface area contributed by atoms with Crippen molar-refractivity contribution >= 4 is 11.9 Å². The molecule has 1 amide bonds. The first-order valence-corrected chi connectivity index (χ1v) is 7.50. The Kier molecular flexibility index (Phi) is 4.32. The SMILES string of the molecule is Cn1ccnc1CNC(=O)C1CCN(c2ncccn2)CC1. The molecular formula is C15H20N6O. The molecular weight excluding hydrogens is 280 g/mol. The zero-order valence-corrected chi connectivity index (χ0v) is 12.6. The fourth-order valence-electron chi connectivity index (χ4n) is 2.67. The highest BCUT2D eigenvalue weighted by Crippen LogP contribution is 2.20. The van der Waals surface area contributed by atoms with E-state index in [2.05, 4.69) is 25.2 Å². The predicted octanol–water partition coefficient (Wildman–Crippen LogP) is 0.743. The Morgan fingerprint density at radius 1 is 1.23 bits per heavy atom. The molecule has 1 saturated heterocycles. The molecule has 1 aliphatic heterocycles. The van der Waals surface area contributed by atoms with Crippen LogP contribution in [-0.2, 0) is 18.4 Å². The Labute approximate surface area is 129 Å². The van der Waals surface area contributed by atoms with Crippen LogP contribution in [0.5, 0.6) is 0 Å². The topological polar surface area (TPSA) is 75.9 Å². The second kappa shape index (κ2) is 6.55. The smallest absolute Gasteiger partial charge is 0.225 e. The molecule has 0 aromatic carbocycles. The van der Waals surface area contributed by atoms with Crippen molar-refractivity contribution in [3.63, 3.8) is 0 Å². The molecule has 22 heavy (non-hydrogen) atoms. The normalized spacial score (nSPS) is 15.8. The van der Waals surface area contributed by atoms with Crippen LogP contribution in [0.4, 0.5) is 5.95 Å². The average Bonchev–Trinajstić information content (AvgIpc) is 2.99. The van der Waals surface area contributed by atoms with E-state index in [1.165, 1.54) is 0 Å². The summed E-state index contributed by atoms with van der Waals surface area (Å²) in [4.78, 5) is 27.1. The van der Waals surface area contributed by atoms with Crippen LogP contribution in [0.3, 0.4) is 0 Å². The number of nitrogens with one attached hydrogen (secondary N) is 1. The molecule has 0 spiro atoms. The van der Waals surface area contributed by atoms with Gasteiger partial charge in [-0.15, -0.1) is 0 Å². The van der Waals surface area contributed by atoms with Crippen molar-refractivity contribution in [2.24, 2.45) is 13.0 Å². The molecule has 2 aromatic heterocycles. The van der Waals surface area contributed by atoms with Crippen molar-refractivity contribution in [1.29, 1.82) is 0 Å². The predicted molar refractivity (Wildman–Crippen MR) is 82.0 cm³/mol. The Bertz CT molecular complexity index is 618. The summed E-state index contributed by atoms with van der Waals surface area (Å²) in [5.74, 6) is 1.77. The molecule has 2 aromatic rings. The number of nitrogens with zero attached hydrogens (tertiary/aromatic N) is 5. The van der Waals surface area contributed by atoms with E-state index in [1.54, 1.807) is 24.7 Å². The summed E-state index contributed by atoms with van der Waals surface area (Å²) in [6.45, 7) is 2.10. The molecule has 1 fully saturated rings. The van der Waals surface area contributed by atoms with Gasteiger partial charge in [0, 0.05) is 50.8 Å².